The molecule has 0 aromatic heterocycles. The molecule has 208 valence electrons. The van der Waals surface area contributed by atoms with Crippen molar-refractivity contribution in [1.82, 2.24) is 10.2 Å². The second-order valence-corrected chi connectivity index (χ2v) is 13.1. The van der Waals surface area contributed by atoms with Crippen LogP contribution in [-0.2, 0) is 9.53 Å². The molecule has 2 aliphatic rings. The fourth-order valence-electron chi connectivity index (χ4n) is 4.86. The van der Waals surface area contributed by atoms with E-state index in [2.05, 4.69) is 5.32 Å². The number of methoxy groups -OCH3 is 1. The number of hydrogen-bond donors (Lipinski definition) is 2. The van der Waals surface area contributed by atoms with Crippen molar-refractivity contribution in [2.45, 2.75) is 91.9 Å². The highest BCUT2D eigenvalue weighted by Gasteiger charge is 2.50. The number of ether oxygens (including phenoxy) is 3. The number of rotatable bonds is 8. The van der Waals surface area contributed by atoms with Crippen LogP contribution in [0.2, 0.25) is 0 Å². The molecule has 1 heterocycles. The summed E-state index contributed by atoms with van der Waals surface area (Å²) in [6, 6.07) is 5.09. The van der Waals surface area contributed by atoms with E-state index in [0.29, 0.717) is 37.1 Å². The molecule has 8 heteroatoms. The van der Waals surface area contributed by atoms with Crippen molar-refractivity contribution in [2.75, 3.05) is 26.8 Å². The molecule has 3 rings (SSSR count). The van der Waals surface area contributed by atoms with Crippen molar-refractivity contribution in [2.24, 2.45) is 16.7 Å². The summed E-state index contributed by atoms with van der Waals surface area (Å²) in [5.41, 5.74) is -0.825. The summed E-state index contributed by atoms with van der Waals surface area (Å²) in [5.74, 6) is 1.63. The van der Waals surface area contributed by atoms with Gasteiger partial charge in [0.2, 0.25) is 5.91 Å². The van der Waals surface area contributed by atoms with Gasteiger partial charge in [-0.25, -0.2) is 4.79 Å². The highest BCUT2D eigenvalue weighted by Crippen LogP contribution is 2.47. The Morgan fingerprint density at radius 1 is 1.16 bits per heavy atom. The van der Waals surface area contributed by atoms with E-state index in [-0.39, 0.29) is 11.8 Å². The number of amides is 2. The van der Waals surface area contributed by atoms with Crippen LogP contribution in [0.3, 0.4) is 0 Å². The lowest BCUT2D eigenvalue weighted by Crippen LogP contribution is -2.55. The van der Waals surface area contributed by atoms with E-state index in [0.717, 1.165) is 5.56 Å². The van der Waals surface area contributed by atoms with E-state index in [4.69, 9.17) is 14.2 Å². The number of carbonyl (C=O) groups excluding carboxylic acids is 2. The van der Waals surface area contributed by atoms with Gasteiger partial charge in [-0.2, -0.15) is 0 Å². The Bertz CT molecular complexity index is 976. The lowest BCUT2D eigenvalue weighted by Gasteiger charge is -2.35. The first-order chi connectivity index (χ1) is 17.0. The molecule has 1 aromatic carbocycles. The zero-order valence-corrected chi connectivity index (χ0v) is 24.0. The second-order valence-electron chi connectivity index (χ2n) is 13.1. The van der Waals surface area contributed by atoms with Gasteiger partial charge >= 0.3 is 6.09 Å². The topological polar surface area (TPSA) is 97.3 Å². The second kappa shape index (κ2) is 10.7. The van der Waals surface area contributed by atoms with Crippen LogP contribution in [-0.4, -0.2) is 66.6 Å². The summed E-state index contributed by atoms with van der Waals surface area (Å²) < 4.78 is 17.1. The molecule has 2 amide bonds. The van der Waals surface area contributed by atoms with E-state index in [1.807, 2.05) is 45.9 Å². The van der Waals surface area contributed by atoms with Gasteiger partial charge in [-0.1, -0.05) is 33.8 Å². The fraction of sp³-hybridized carbons (Fsp3) is 0.724. The number of carbonyl (C=O) groups is 2. The summed E-state index contributed by atoms with van der Waals surface area (Å²) in [5, 5.41) is 13.7. The maximum atomic E-state index is 13.9. The zero-order chi connectivity index (χ0) is 27.8. The van der Waals surface area contributed by atoms with Gasteiger partial charge in [0.25, 0.3) is 0 Å². The molecule has 1 aliphatic carbocycles. The van der Waals surface area contributed by atoms with Gasteiger partial charge in [-0.15, -0.1) is 0 Å². The molecule has 8 nitrogen and oxygen atoms in total. The summed E-state index contributed by atoms with van der Waals surface area (Å²) in [6.45, 7) is 16.3. The van der Waals surface area contributed by atoms with E-state index in [1.165, 1.54) is 12.8 Å². The van der Waals surface area contributed by atoms with Crippen LogP contribution in [0.15, 0.2) is 18.2 Å². The van der Waals surface area contributed by atoms with Gasteiger partial charge in [0.05, 0.1) is 19.8 Å². The third-order valence-corrected chi connectivity index (χ3v) is 7.53. The predicted molar refractivity (Wildman–Crippen MR) is 143 cm³/mol. The molecular formula is C29H46N2O6. The zero-order valence-electron chi connectivity index (χ0n) is 24.0. The van der Waals surface area contributed by atoms with Crippen LogP contribution in [0.4, 0.5) is 4.79 Å². The maximum Gasteiger partial charge on any atom is 0.408 e. The predicted octanol–water partition coefficient (Wildman–Crippen LogP) is 4.74. The molecule has 0 bridgehead atoms. The van der Waals surface area contributed by atoms with E-state index in [9.17, 15) is 14.7 Å². The number of nitrogens with zero attached hydrogens (tertiary/aromatic N) is 1. The Kier molecular flexibility index (Phi) is 8.42. The molecular weight excluding hydrogens is 472 g/mol. The van der Waals surface area contributed by atoms with Crippen molar-refractivity contribution in [3.05, 3.63) is 23.8 Å². The molecule has 37 heavy (non-hydrogen) atoms. The normalized spacial score (nSPS) is 23.8. The average molecular weight is 519 g/mol. The third-order valence-electron chi connectivity index (χ3n) is 7.53. The van der Waals surface area contributed by atoms with Gasteiger partial charge in [-0.3, -0.25) is 4.79 Å². The Hall–Kier alpha value is -2.48. The van der Waals surface area contributed by atoms with Crippen LogP contribution < -0.4 is 14.8 Å². The van der Waals surface area contributed by atoms with Gasteiger partial charge < -0.3 is 29.5 Å². The number of nitrogens with one attached hydrogen (secondary N) is 1. The number of aliphatic hydroxyl groups excluding tert-OH is 1. The SMILES string of the molecule is COc1ccc(C2CN(C(=O)C(NC(=O)OC(C)(C)C)C(C)(C)C)CC2(C)C(C)O)cc1OCC1CC1. The Morgan fingerprint density at radius 3 is 2.32 bits per heavy atom. The summed E-state index contributed by atoms with van der Waals surface area (Å²) in [7, 11) is 1.62. The number of alkyl carbamates (subject to hydrolysis) is 1. The highest BCUT2D eigenvalue weighted by molar-refractivity contribution is 5.87. The first kappa shape index (κ1) is 29.1. The van der Waals surface area contributed by atoms with Crippen LogP contribution in [0.5, 0.6) is 11.5 Å². The number of aliphatic hydroxyl groups is 1. The maximum absolute atomic E-state index is 13.9. The van der Waals surface area contributed by atoms with E-state index < -0.39 is 34.7 Å². The molecule has 4 atom stereocenters. The van der Waals surface area contributed by atoms with E-state index in [1.54, 1.807) is 39.7 Å². The molecule has 1 saturated heterocycles. The molecule has 0 radical (unpaired) electrons. The monoisotopic (exact) mass is 518 g/mol. The molecule has 2 N–H and O–H groups in total. The number of likely N-dealkylation sites (tertiary alicyclic amines) is 1. The Balaban J connectivity index is 1.87. The van der Waals surface area contributed by atoms with Gasteiger partial charge in [0.1, 0.15) is 11.6 Å². The van der Waals surface area contributed by atoms with Gasteiger partial charge in [0, 0.05) is 24.4 Å². The summed E-state index contributed by atoms with van der Waals surface area (Å²) in [4.78, 5) is 28.2. The first-order valence-electron chi connectivity index (χ1n) is 13.3. The number of benzene rings is 1. The highest BCUT2D eigenvalue weighted by atomic mass is 16.6. The first-order valence-corrected chi connectivity index (χ1v) is 13.3. The van der Waals surface area contributed by atoms with Gasteiger partial charge in [0.15, 0.2) is 11.5 Å². The van der Waals surface area contributed by atoms with Crippen molar-refractivity contribution in [1.29, 1.82) is 0 Å². The molecule has 1 saturated carbocycles. The van der Waals surface area contributed by atoms with Crippen LogP contribution in [0.25, 0.3) is 0 Å². The lowest BCUT2D eigenvalue weighted by molar-refractivity contribution is -0.135. The quantitative estimate of drug-likeness (QED) is 0.516. The summed E-state index contributed by atoms with van der Waals surface area (Å²) >= 11 is 0. The standard InChI is InChI=1S/C29H46N2O6/c1-18(32)29(8)17-31(25(33)24(27(2,3)4)30-26(34)37-28(5,6)7)15-21(29)20-12-13-22(35-9)23(14-20)36-16-19-10-11-19/h12-14,18-19,21,24,32H,10-11,15-17H2,1-9H3,(H,30,34). The third kappa shape index (κ3) is 7.09. The molecule has 4 unspecified atom stereocenters. The van der Waals surface area contributed by atoms with E-state index >= 15 is 0 Å². The van der Waals surface area contributed by atoms with Crippen molar-refractivity contribution in [3.8, 4) is 11.5 Å². The van der Waals surface area contributed by atoms with Crippen LogP contribution >= 0.6 is 0 Å². The minimum atomic E-state index is -0.785. The van der Waals surface area contributed by atoms with Gasteiger partial charge in [-0.05, 0) is 69.6 Å². The van der Waals surface area contributed by atoms with Crippen LogP contribution in [0.1, 0.15) is 79.7 Å². The summed E-state index contributed by atoms with van der Waals surface area (Å²) in [6.07, 6.45) is 1.09. The minimum absolute atomic E-state index is 0.132. The largest absolute Gasteiger partial charge is 0.493 e. The Morgan fingerprint density at radius 2 is 1.81 bits per heavy atom. The lowest BCUT2D eigenvalue weighted by atomic mass is 9.72. The van der Waals surface area contributed by atoms with Crippen molar-refractivity contribution in [3.63, 3.8) is 0 Å². The minimum Gasteiger partial charge on any atom is -0.493 e. The molecule has 1 aliphatic heterocycles. The van der Waals surface area contributed by atoms with Crippen molar-refractivity contribution < 1.29 is 28.9 Å². The molecule has 0 spiro atoms. The smallest absolute Gasteiger partial charge is 0.408 e. The van der Waals surface area contributed by atoms with Crippen LogP contribution in [0, 0.1) is 16.7 Å². The Labute approximate surface area is 222 Å². The molecule has 1 aromatic rings. The number of hydrogen-bond acceptors (Lipinski definition) is 6. The van der Waals surface area contributed by atoms with Crippen molar-refractivity contribution >= 4 is 12.0 Å². The molecule has 2 fully saturated rings. The fourth-order valence-corrected chi connectivity index (χ4v) is 4.86. The average Bonchev–Trinajstić information content (AvgIpc) is 3.53.